The Bertz CT molecular complexity index is 118. The molecule has 0 unspecified atom stereocenters. The first-order valence-corrected chi connectivity index (χ1v) is 3.45. The Kier molecular flexibility index (Phi) is 2.11. The van der Waals surface area contributed by atoms with Crippen molar-refractivity contribution < 1.29 is 0 Å². The first-order chi connectivity index (χ1) is 4.33. The Morgan fingerprint density at radius 2 is 2.56 bits per heavy atom. The first kappa shape index (κ1) is 6.62. The van der Waals surface area contributed by atoms with E-state index in [0.717, 1.165) is 13.0 Å². The van der Waals surface area contributed by atoms with Crippen LogP contribution in [0.5, 0.6) is 0 Å². The molecule has 2 N–H and O–H groups in total. The molecule has 1 heterocycles. The molecular weight excluding hydrogens is 112 g/mol. The molecule has 0 fully saturated rings. The van der Waals surface area contributed by atoms with E-state index in [9.17, 15) is 0 Å². The van der Waals surface area contributed by atoms with E-state index < -0.39 is 0 Å². The van der Waals surface area contributed by atoms with Crippen molar-refractivity contribution >= 4 is 0 Å². The maximum absolute atomic E-state index is 3.33. The van der Waals surface area contributed by atoms with Crippen molar-refractivity contribution in [1.29, 1.82) is 0 Å². The second kappa shape index (κ2) is 2.87. The molecule has 9 heavy (non-hydrogen) atoms. The van der Waals surface area contributed by atoms with Gasteiger partial charge in [0.05, 0.1) is 0 Å². The van der Waals surface area contributed by atoms with Crippen LogP contribution < -0.4 is 10.6 Å². The summed E-state index contributed by atoms with van der Waals surface area (Å²) >= 11 is 0. The van der Waals surface area contributed by atoms with Gasteiger partial charge in [0.2, 0.25) is 0 Å². The Hall–Kier alpha value is -0.500. The fourth-order valence-electron chi connectivity index (χ4n) is 1.09. The van der Waals surface area contributed by atoms with Gasteiger partial charge in [-0.25, -0.2) is 0 Å². The lowest BCUT2D eigenvalue weighted by Gasteiger charge is -2.18. The Labute approximate surface area is 56.3 Å². The molecule has 2 nitrogen and oxygen atoms in total. The van der Waals surface area contributed by atoms with Crippen LogP contribution in [0.3, 0.4) is 0 Å². The van der Waals surface area contributed by atoms with E-state index in [1.807, 2.05) is 7.05 Å². The molecule has 1 rings (SSSR count). The van der Waals surface area contributed by atoms with Gasteiger partial charge >= 0.3 is 0 Å². The van der Waals surface area contributed by atoms with Crippen LogP contribution in [0.1, 0.15) is 13.3 Å². The van der Waals surface area contributed by atoms with Gasteiger partial charge < -0.3 is 10.6 Å². The molecule has 0 spiro atoms. The van der Waals surface area contributed by atoms with Gasteiger partial charge in [-0.05, 0) is 19.4 Å². The molecule has 0 aromatic carbocycles. The summed E-state index contributed by atoms with van der Waals surface area (Å²) < 4.78 is 0. The molecule has 0 radical (unpaired) electrons. The molecule has 0 bridgehead atoms. The third kappa shape index (κ3) is 1.72. The number of rotatable bonds is 1. The molecule has 0 aromatic heterocycles. The monoisotopic (exact) mass is 126 g/mol. The minimum atomic E-state index is 0.543. The molecule has 1 aliphatic heterocycles. The zero-order chi connectivity index (χ0) is 6.69. The van der Waals surface area contributed by atoms with Gasteiger partial charge in [0, 0.05) is 25.3 Å². The minimum Gasteiger partial charge on any atom is -0.392 e. The van der Waals surface area contributed by atoms with Crippen molar-refractivity contribution in [3.05, 3.63) is 11.8 Å². The summed E-state index contributed by atoms with van der Waals surface area (Å²) in [6, 6.07) is 0.543. The summed E-state index contributed by atoms with van der Waals surface area (Å²) in [5.41, 5.74) is 1.36. The summed E-state index contributed by atoms with van der Waals surface area (Å²) in [6.07, 6.45) is 3.37. The maximum atomic E-state index is 3.33. The van der Waals surface area contributed by atoms with Crippen LogP contribution in [-0.4, -0.2) is 19.6 Å². The van der Waals surface area contributed by atoms with Crippen molar-refractivity contribution in [2.75, 3.05) is 13.6 Å². The number of hydrogen-bond acceptors (Lipinski definition) is 2. The lowest BCUT2D eigenvalue weighted by molar-refractivity contribution is 0.579. The second-order valence-corrected chi connectivity index (χ2v) is 2.43. The van der Waals surface area contributed by atoms with Gasteiger partial charge in [-0.1, -0.05) is 0 Å². The van der Waals surface area contributed by atoms with Crippen LogP contribution in [0.15, 0.2) is 11.8 Å². The van der Waals surface area contributed by atoms with Crippen molar-refractivity contribution in [1.82, 2.24) is 10.6 Å². The fourth-order valence-corrected chi connectivity index (χ4v) is 1.09. The number of hydrogen-bond donors (Lipinski definition) is 2. The normalized spacial score (nSPS) is 27.3. The second-order valence-electron chi connectivity index (χ2n) is 2.43. The molecule has 0 amide bonds. The predicted molar refractivity (Wildman–Crippen MR) is 39.2 cm³/mol. The van der Waals surface area contributed by atoms with E-state index >= 15 is 0 Å². The standard InChI is InChI=1S/C7H14N2/c1-6-5-7(8-2)3-4-9-6/h5-6,8-9H,3-4H2,1-2H3/t6-/m0/s1. The lowest BCUT2D eigenvalue weighted by atomic mass is 10.1. The average Bonchev–Trinajstić information content (AvgIpc) is 1.88. The largest absolute Gasteiger partial charge is 0.392 e. The summed E-state index contributed by atoms with van der Waals surface area (Å²) in [5.74, 6) is 0. The molecule has 0 saturated heterocycles. The summed E-state index contributed by atoms with van der Waals surface area (Å²) in [7, 11) is 1.98. The summed E-state index contributed by atoms with van der Waals surface area (Å²) in [5, 5.41) is 6.49. The minimum absolute atomic E-state index is 0.543. The summed E-state index contributed by atoms with van der Waals surface area (Å²) in [4.78, 5) is 0. The molecule has 0 aliphatic carbocycles. The van der Waals surface area contributed by atoms with Crippen LogP contribution in [0, 0.1) is 0 Å². The highest BCUT2D eigenvalue weighted by Crippen LogP contribution is 2.02. The SMILES string of the molecule is CNC1=C[C@H](C)NCC1. The topological polar surface area (TPSA) is 24.1 Å². The number of nitrogens with one attached hydrogen (secondary N) is 2. The molecule has 52 valence electrons. The molecule has 1 atom stereocenters. The maximum Gasteiger partial charge on any atom is 0.0241 e. The highest BCUT2D eigenvalue weighted by molar-refractivity contribution is 5.07. The summed E-state index contributed by atoms with van der Waals surface area (Å²) in [6.45, 7) is 3.27. The predicted octanol–water partition coefficient (Wildman–Crippen LogP) is 0.471. The molecule has 0 saturated carbocycles. The van der Waals surface area contributed by atoms with Crippen molar-refractivity contribution in [2.45, 2.75) is 19.4 Å². The lowest BCUT2D eigenvalue weighted by Crippen LogP contribution is -2.32. The average molecular weight is 126 g/mol. The Balaban J connectivity index is 2.49. The van der Waals surface area contributed by atoms with Gasteiger partial charge in [-0.2, -0.15) is 0 Å². The highest BCUT2D eigenvalue weighted by Gasteiger charge is 2.05. The van der Waals surface area contributed by atoms with Gasteiger partial charge in [-0.3, -0.25) is 0 Å². The molecule has 1 aliphatic rings. The first-order valence-electron chi connectivity index (χ1n) is 3.45. The van der Waals surface area contributed by atoms with Crippen LogP contribution >= 0.6 is 0 Å². The van der Waals surface area contributed by atoms with Crippen LogP contribution in [0.2, 0.25) is 0 Å². The van der Waals surface area contributed by atoms with Gasteiger partial charge in [0.15, 0.2) is 0 Å². The third-order valence-corrected chi connectivity index (χ3v) is 1.63. The molecule has 0 aromatic rings. The third-order valence-electron chi connectivity index (χ3n) is 1.63. The molecular formula is C7H14N2. The van der Waals surface area contributed by atoms with Crippen molar-refractivity contribution in [3.8, 4) is 0 Å². The smallest absolute Gasteiger partial charge is 0.0241 e. The van der Waals surface area contributed by atoms with Crippen molar-refractivity contribution in [2.24, 2.45) is 0 Å². The van der Waals surface area contributed by atoms with Gasteiger partial charge in [-0.15, -0.1) is 0 Å². The van der Waals surface area contributed by atoms with Crippen LogP contribution in [0.4, 0.5) is 0 Å². The van der Waals surface area contributed by atoms with E-state index in [0.29, 0.717) is 6.04 Å². The molecule has 2 heteroatoms. The van der Waals surface area contributed by atoms with Gasteiger partial charge in [0.25, 0.3) is 0 Å². The quantitative estimate of drug-likeness (QED) is 0.533. The Morgan fingerprint density at radius 3 is 3.00 bits per heavy atom. The van der Waals surface area contributed by atoms with Crippen LogP contribution in [0.25, 0.3) is 0 Å². The Morgan fingerprint density at radius 1 is 1.78 bits per heavy atom. The fraction of sp³-hybridized carbons (Fsp3) is 0.714. The van der Waals surface area contributed by atoms with Gasteiger partial charge in [0.1, 0.15) is 0 Å². The van der Waals surface area contributed by atoms with E-state index in [2.05, 4.69) is 23.6 Å². The van der Waals surface area contributed by atoms with Crippen molar-refractivity contribution in [3.63, 3.8) is 0 Å². The highest BCUT2D eigenvalue weighted by atomic mass is 14.9. The zero-order valence-corrected chi connectivity index (χ0v) is 6.07. The van der Waals surface area contributed by atoms with E-state index in [1.54, 1.807) is 0 Å². The van der Waals surface area contributed by atoms with E-state index in [-0.39, 0.29) is 0 Å². The van der Waals surface area contributed by atoms with E-state index in [1.165, 1.54) is 5.70 Å². The van der Waals surface area contributed by atoms with Crippen LogP contribution in [-0.2, 0) is 0 Å². The van der Waals surface area contributed by atoms with E-state index in [4.69, 9.17) is 0 Å². The zero-order valence-electron chi connectivity index (χ0n) is 6.07.